The van der Waals surface area contributed by atoms with Gasteiger partial charge < -0.3 is 23.4 Å². The van der Waals surface area contributed by atoms with E-state index in [2.05, 4.69) is 10.5 Å². The average molecular weight is 472 g/mol. The van der Waals surface area contributed by atoms with Crippen LogP contribution in [0.25, 0.3) is 22.5 Å². The lowest BCUT2D eigenvalue weighted by atomic mass is 9.99. The topological polar surface area (TPSA) is 115 Å². The fourth-order valence-corrected chi connectivity index (χ4v) is 3.96. The van der Waals surface area contributed by atoms with E-state index in [9.17, 15) is 10.1 Å². The van der Waals surface area contributed by atoms with Crippen LogP contribution in [0.15, 0.2) is 76.2 Å². The normalized spacial score (nSPS) is 13.4. The van der Waals surface area contributed by atoms with Crippen molar-refractivity contribution in [2.45, 2.75) is 0 Å². The summed E-state index contributed by atoms with van der Waals surface area (Å²) in [5.41, 5.74) is 5.03. The predicted octanol–water partition coefficient (Wildman–Crippen LogP) is 5.32. The predicted molar refractivity (Wildman–Crippen MR) is 125 cm³/mol. The van der Waals surface area contributed by atoms with Crippen molar-refractivity contribution in [2.24, 2.45) is 5.10 Å². The number of furan rings is 1. The highest BCUT2D eigenvalue weighted by atomic mass is 16.7. The second-order valence-corrected chi connectivity index (χ2v) is 7.66. The van der Waals surface area contributed by atoms with Crippen molar-refractivity contribution < 1.29 is 33.5 Å². The van der Waals surface area contributed by atoms with E-state index in [-0.39, 0.29) is 30.0 Å². The van der Waals surface area contributed by atoms with Gasteiger partial charge in [-0.1, -0.05) is 24.3 Å². The molecule has 0 radical (unpaired) electrons. The third-order valence-corrected chi connectivity index (χ3v) is 5.55. The number of rotatable bonds is 6. The zero-order valence-corrected chi connectivity index (χ0v) is 18.1. The number of hydrazone groups is 1. The van der Waals surface area contributed by atoms with Crippen molar-refractivity contribution in [2.75, 3.05) is 19.0 Å². The first-order valence-electron chi connectivity index (χ1n) is 10.6. The van der Waals surface area contributed by atoms with E-state index in [1.165, 1.54) is 6.21 Å². The molecule has 1 aromatic heterocycles. The molecule has 0 unspecified atom stereocenters. The summed E-state index contributed by atoms with van der Waals surface area (Å²) in [6, 6.07) is 19.8. The molecule has 0 amide bonds. The van der Waals surface area contributed by atoms with Crippen LogP contribution in [0, 0.1) is 4.91 Å². The molecule has 0 aliphatic carbocycles. The minimum Gasteiger partial charge on any atom is -0.454 e. The molecule has 10 nitrogen and oxygen atoms in total. The van der Waals surface area contributed by atoms with Crippen LogP contribution in [0.4, 0.5) is 11.4 Å². The molecule has 6 rings (SSSR count). The van der Waals surface area contributed by atoms with Gasteiger partial charge in [-0.05, 0) is 48.0 Å². The SMILES string of the molecule is O=[N+](O)c1c(/C=N/Nc2ccccc2)oc(-c2ccc3c(c2)OCO3)c1-c1ccc2c(c1)OCO2. The maximum Gasteiger partial charge on any atom is 0.371 e. The standard InChI is InChI=1S/C25H18N3O7/c29-28(30)24-22(12-26-27-17-4-2-1-3-5-17)35-25(16-7-9-19-21(11-16)34-14-32-19)23(24)15-6-8-18-20(10-15)33-13-31-18/h1-12,27H,13-14H2,(H,29,30)/q+1/b26-12+. The van der Waals surface area contributed by atoms with E-state index < -0.39 is 0 Å². The van der Waals surface area contributed by atoms with Gasteiger partial charge in [0.1, 0.15) is 11.3 Å². The number of para-hydroxylation sites is 1. The smallest absolute Gasteiger partial charge is 0.371 e. The lowest BCUT2D eigenvalue weighted by Crippen LogP contribution is -1.97. The molecule has 3 heterocycles. The van der Waals surface area contributed by atoms with Crippen LogP contribution in [-0.4, -0.2) is 29.9 Å². The average Bonchev–Trinajstić information content (AvgIpc) is 3.61. The summed E-state index contributed by atoms with van der Waals surface area (Å²) in [6.07, 6.45) is 1.33. The third-order valence-electron chi connectivity index (χ3n) is 5.55. The number of benzene rings is 3. The van der Waals surface area contributed by atoms with Crippen molar-refractivity contribution in [3.05, 3.63) is 77.4 Å². The second kappa shape index (κ2) is 8.41. The summed E-state index contributed by atoms with van der Waals surface area (Å²) >= 11 is 0. The Morgan fingerprint density at radius 3 is 2.14 bits per heavy atom. The van der Waals surface area contributed by atoms with Crippen molar-refractivity contribution >= 4 is 17.6 Å². The molecule has 2 aliphatic heterocycles. The van der Waals surface area contributed by atoms with E-state index in [1.807, 2.05) is 30.3 Å². The van der Waals surface area contributed by atoms with Gasteiger partial charge in [-0.3, -0.25) is 5.43 Å². The van der Waals surface area contributed by atoms with Crippen LogP contribution < -0.4 is 24.4 Å². The molecule has 3 aromatic carbocycles. The van der Waals surface area contributed by atoms with Crippen molar-refractivity contribution in [1.82, 2.24) is 0 Å². The Morgan fingerprint density at radius 2 is 1.46 bits per heavy atom. The van der Waals surface area contributed by atoms with Crippen LogP contribution in [0.5, 0.6) is 23.0 Å². The van der Waals surface area contributed by atoms with E-state index in [4.69, 9.17) is 23.4 Å². The molecular formula is C25H18N3O7+. The number of fused-ring (bicyclic) bond motifs is 2. The summed E-state index contributed by atoms with van der Waals surface area (Å²) < 4.78 is 27.9. The Bertz CT molecular complexity index is 1460. The van der Waals surface area contributed by atoms with Gasteiger partial charge in [0.25, 0.3) is 4.92 Å². The lowest BCUT2D eigenvalue weighted by molar-refractivity contribution is -0.729. The van der Waals surface area contributed by atoms with E-state index in [1.54, 1.807) is 36.4 Å². The van der Waals surface area contributed by atoms with E-state index in [0.29, 0.717) is 45.4 Å². The van der Waals surface area contributed by atoms with Crippen LogP contribution in [0.1, 0.15) is 5.76 Å². The van der Waals surface area contributed by atoms with Gasteiger partial charge in [0, 0.05) is 5.56 Å². The van der Waals surface area contributed by atoms with E-state index >= 15 is 0 Å². The van der Waals surface area contributed by atoms with Crippen LogP contribution in [0.3, 0.4) is 0 Å². The second-order valence-electron chi connectivity index (χ2n) is 7.66. The molecule has 10 heteroatoms. The van der Waals surface area contributed by atoms with Crippen LogP contribution >= 0.6 is 0 Å². The van der Waals surface area contributed by atoms with E-state index in [0.717, 1.165) is 5.69 Å². The largest absolute Gasteiger partial charge is 0.454 e. The highest BCUT2D eigenvalue weighted by Gasteiger charge is 2.35. The zero-order valence-electron chi connectivity index (χ0n) is 18.1. The number of hydrogen-bond donors (Lipinski definition) is 2. The highest BCUT2D eigenvalue weighted by molar-refractivity contribution is 5.96. The quantitative estimate of drug-likeness (QED) is 0.286. The molecule has 0 atom stereocenters. The van der Waals surface area contributed by atoms with Gasteiger partial charge >= 0.3 is 5.69 Å². The minimum atomic E-state index is -0.232. The number of hydrogen-bond acceptors (Lipinski definition) is 8. The number of nitrogens with one attached hydrogen (secondary N) is 1. The maximum absolute atomic E-state index is 12.4. The van der Waals surface area contributed by atoms with Crippen molar-refractivity contribution in [3.8, 4) is 45.4 Å². The van der Waals surface area contributed by atoms with Gasteiger partial charge in [-0.2, -0.15) is 5.10 Å². The first kappa shape index (κ1) is 20.6. The molecule has 0 bridgehead atoms. The fourth-order valence-electron chi connectivity index (χ4n) is 3.96. The minimum absolute atomic E-state index is 0.0475. The molecular weight excluding hydrogens is 454 g/mol. The molecule has 35 heavy (non-hydrogen) atoms. The number of ether oxygens (including phenoxy) is 4. The Hall–Kier alpha value is -4.99. The first-order chi connectivity index (χ1) is 17.2. The molecule has 4 aromatic rings. The maximum atomic E-state index is 12.4. The van der Waals surface area contributed by atoms with Crippen LogP contribution in [0.2, 0.25) is 0 Å². The van der Waals surface area contributed by atoms with Gasteiger partial charge in [0.05, 0.1) is 16.8 Å². The molecule has 0 spiro atoms. The monoisotopic (exact) mass is 472 g/mol. The lowest BCUT2D eigenvalue weighted by Gasteiger charge is -2.05. The Kier molecular flexibility index (Phi) is 4.95. The van der Waals surface area contributed by atoms with Gasteiger partial charge in [0.15, 0.2) is 23.0 Å². The van der Waals surface area contributed by atoms with Crippen molar-refractivity contribution in [1.29, 1.82) is 0 Å². The third kappa shape index (κ3) is 3.76. The molecule has 174 valence electrons. The Labute approximate surface area is 198 Å². The first-order valence-corrected chi connectivity index (χ1v) is 10.6. The van der Waals surface area contributed by atoms with Gasteiger partial charge in [0.2, 0.25) is 19.3 Å². The number of anilines is 1. The van der Waals surface area contributed by atoms with Crippen molar-refractivity contribution in [3.63, 3.8) is 0 Å². The summed E-state index contributed by atoms with van der Waals surface area (Å²) in [4.78, 5) is 12.2. The Morgan fingerprint density at radius 1 is 0.829 bits per heavy atom. The summed E-state index contributed by atoms with van der Waals surface area (Å²) in [5.74, 6) is 2.62. The number of nitrogens with zero attached hydrogens (tertiary/aromatic N) is 2. The van der Waals surface area contributed by atoms with Crippen LogP contribution in [-0.2, 0) is 0 Å². The van der Waals surface area contributed by atoms with Gasteiger partial charge in [-0.25, -0.2) is 5.21 Å². The molecule has 0 fully saturated rings. The highest BCUT2D eigenvalue weighted by Crippen LogP contribution is 2.47. The Balaban J connectivity index is 1.50. The molecule has 2 N–H and O–H groups in total. The summed E-state index contributed by atoms with van der Waals surface area (Å²) in [5, 5.41) is 14.3. The molecule has 2 aliphatic rings. The summed E-state index contributed by atoms with van der Waals surface area (Å²) in [6.45, 7) is 0.216. The molecule has 0 saturated heterocycles. The fraction of sp³-hybridized carbons (Fsp3) is 0.0800. The molecule has 0 saturated carbocycles. The summed E-state index contributed by atoms with van der Waals surface area (Å²) in [7, 11) is 0. The zero-order chi connectivity index (χ0) is 23.8. The van der Waals surface area contributed by atoms with Gasteiger partial charge in [-0.15, -0.1) is 0 Å².